The van der Waals surface area contributed by atoms with Gasteiger partial charge in [0.05, 0.1) is 76.3 Å². The van der Waals surface area contributed by atoms with Gasteiger partial charge < -0.3 is 18.3 Å². The van der Waals surface area contributed by atoms with Crippen LogP contribution in [0.3, 0.4) is 0 Å². The van der Waals surface area contributed by atoms with Crippen molar-refractivity contribution in [3.05, 3.63) is 228 Å². The first kappa shape index (κ1) is 44.2. The summed E-state index contributed by atoms with van der Waals surface area (Å²) in [4.78, 5) is 0. The van der Waals surface area contributed by atoms with Crippen LogP contribution in [-0.4, -0.2) is 18.3 Å². The molecule has 8 heteroatoms. The topological polar surface area (TPSA) is 67.3 Å². The van der Waals surface area contributed by atoms with E-state index < -0.39 is 0 Å². The summed E-state index contributed by atoms with van der Waals surface area (Å²) in [6, 6.07) is 78.0. The number of benzene rings is 11. The van der Waals surface area contributed by atoms with E-state index in [1.165, 1.54) is 25.7 Å². The Morgan fingerprint density at radius 2 is 0.684 bits per heavy atom. The molecule has 0 radical (unpaired) electrons. The van der Waals surface area contributed by atoms with E-state index in [0.717, 1.165) is 124 Å². The highest BCUT2D eigenvalue weighted by Gasteiger charge is 2.35. The van der Waals surface area contributed by atoms with Gasteiger partial charge in [-0.25, -0.2) is 0 Å². The maximum absolute atomic E-state index is 12.9. The molecule has 11 aromatic carbocycles. The first-order valence-electron chi connectivity index (χ1n) is 26.6. The van der Waals surface area contributed by atoms with Gasteiger partial charge in [-0.05, 0) is 92.6 Å². The van der Waals surface area contributed by atoms with Crippen molar-refractivity contribution in [3.63, 3.8) is 0 Å². The number of aromatic nitrogens is 4. The van der Waals surface area contributed by atoms with Gasteiger partial charge in [-0.15, -0.1) is 22.7 Å². The molecule has 0 aliphatic heterocycles. The Bertz CT molecular complexity index is 5440. The molecule has 6 nitrogen and oxygen atoms in total. The number of fused-ring (bicyclic) bond motifs is 20. The quantitative estimate of drug-likeness (QED) is 0.176. The number of thiophene rings is 2. The fourth-order valence-corrected chi connectivity index (χ4v) is 16.0. The second-order valence-corrected chi connectivity index (χ2v) is 23.2. The van der Waals surface area contributed by atoms with Gasteiger partial charge in [-0.3, -0.25) is 0 Å². The number of nitrogens with zero attached hydrogens (tertiary/aromatic N) is 6. The van der Waals surface area contributed by atoms with Crippen LogP contribution in [-0.2, 0) is 0 Å². The number of nitriles is 2. The molecule has 0 atom stereocenters. The normalized spacial score (nSPS) is 12.2. The van der Waals surface area contributed by atoms with E-state index in [-0.39, 0.29) is 0 Å². The molecule has 0 aliphatic rings. The lowest BCUT2D eigenvalue weighted by atomic mass is 9.98. The lowest BCUT2D eigenvalue weighted by Crippen LogP contribution is -2.17. The second kappa shape index (κ2) is 16.0. The van der Waals surface area contributed by atoms with E-state index in [0.29, 0.717) is 28.2 Å². The van der Waals surface area contributed by atoms with Gasteiger partial charge >= 0.3 is 0 Å². The fourth-order valence-electron chi connectivity index (χ4n) is 13.5. The Morgan fingerprint density at radius 1 is 0.304 bits per heavy atom. The Kier molecular flexibility index (Phi) is 8.98. The summed E-state index contributed by atoms with van der Waals surface area (Å²) in [6.45, 7) is 6.50. The maximum atomic E-state index is 12.9. The predicted molar refractivity (Wildman–Crippen MR) is 333 cm³/mol. The number of rotatable bonds is 4. The molecule has 0 aliphatic carbocycles. The zero-order chi connectivity index (χ0) is 52.5. The first-order valence-corrected chi connectivity index (χ1v) is 28.3. The zero-order valence-corrected chi connectivity index (χ0v) is 44.7. The lowest BCUT2D eigenvalue weighted by Gasteiger charge is -2.27. The molecule has 0 fully saturated rings. The molecule has 0 unspecified atom stereocenters. The van der Waals surface area contributed by atoms with Crippen molar-refractivity contribution in [2.75, 3.05) is 0 Å². The summed E-state index contributed by atoms with van der Waals surface area (Å²) >= 11 is 3.57. The minimum absolute atomic E-state index is 0.392. The van der Waals surface area contributed by atoms with Crippen LogP contribution in [0, 0.1) is 43.4 Å². The van der Waals surface area contributed by atoms with Crippen LogP contribution in [0.5, 0.6) is 0 Å². The van der Waals surface area contributed by atoms with Crippen molar-refractivity contribution in [2.45, 2.75) is 20.8 Å². The summed E-state index contributed by atoms with van der Waals surface area (Å²) in [7, 11) is 0. The molecule has 0 bridgehead atoms. The van der Waals surface area contributed by atoms with Gasteiger partial charge in [0, 0.05) is 74.0 Å². The van der Waals surface area contributed by atoms with Crippen molar-refractivity contribution < 1.29 is 0 Å². The van der Waals surface area contributed by atoms with Crippen LogP contribution in [0.4, 0.5) is 0 Å². The minimum Gasteiger partial charge on any atom is -0.306 e. The van der Waals surface area contributed by atoms with Crippen LogP contribution >= 0.6 is 22.7 Å². The number of aryl methyl sites for hydroxylation is 3. The van der Waals surface area contributed by atoms with Gasteiger partial charge in [-0.1, -0.05) is 145 Å². The Balaban J connectivity index is 1.22. The van der Waals surface area contributed by atoms with Crippen LogP contribution in [0.25, 0.3) is 150 Å². The third-order valence-corrected chi connectivity index (χ3v) is 19.4. The molecule has 0 saturated heterocycles. The Labute approximate surface area is 459 Å². The third-order valence-electron chi connectivity index (χ3n) is 17.0. The highest BCUT2D eigenvalue weighted by Crippen LogP contribution is 2.52. The van der Waals surface area contributed by atoms with E-state index in [9.17, 15) is 10.5 Å². The van der Waals surface area contributed by atoms with Crippen LogP contribution in [0.15, 0.2) is 200 Å². The van der Waals surface area contributed by atoms with E-state index in [4.69, 9.17) is 0 Å². The Hall–Kier alpha value is -9.96. The van der Waals surface area contributed by atoms with E-state index in [1.807, 2.05) is 0 Å². The van der Waals surface area contributed by atoms with E-state index in [1.54, 1.807) is 22.7 Å². The van der Waals surface area contributed by atoms with Gasteiger partial charge in [0.25, 0.3) is 0 Å². The summed E-state index contributed by atoms with van der Waals surface area (Å²) in [6.07, 6.45) is 0. The number of hydrogen-bond donors (Lipinski definition) is 0. The Morgan fingerprint density at radius 3 is 1.15 bits per heavy atom. The summed E-state index contributed by atoms with van der Waals surface area (Å²) in [5.41, 5.74) is 14.6. The van der Waals surface area contributed by atoms with Gasteiger partial charge in [0.2, 0.25) is 0 Å². The fraction of sp³-hybridized carbons (Fsp3) is 0.0423. The van der Waals surface area contributed by atoms with Crippen LogP contribution in [0.2, 0.25) is 0 Å². The van der Waals surface area contributed by atoms with Crippen LogP contribution in [0.1, 0.15) is 27.8 Å². The highest BCUT2D eigenvalue weighted by molar-refractivity contribution is 7.27. The van der Waals surface area contributed by atoms with Crippen molar-refractivity contribution >= 4 is 150 Å². The van der Waals surface area contributed by atoms with E-state index in [2.05, 4.69) is 251 Å². The molecular weight excluding hydrogens is 1000 g/mol. The molecule has 0 amide bonds. The summed E-state index contributed by atoms with van der Waals surface area (Å²) < 4.78 is 14.0. The molecule has 0 saturated carbocycles. The third kappa shape index (κ3) is 5.76. The standard InChI is InChI=1S/C71H42N6S2/c1-39-28-33-60-52(34-39)48-29-31-50-46-20-8-14-26-62(46)78-70(50)67(48)76(60)69-65(74-56-22-10-4-16-42(56)43-17-5-11-23-57(43)74)54(37-72)64(55(38-73)66(69)75-58-24-12-6-18-44(58)45-19-7-13-25-59(45)75)77-61-36-41(3)40(2)35-53(61)49-30-32-51-47-21-9-15-27-63(47)79-71(51)68(49)77/h4-36H,1-3H3. The molecule has 17 aromatic rings. The van der Waals surface area contributed by atoms with E-state index >= 15 is 0 Å². The molecule has 0 spiro atoms. The lowest BCUT2D eigenvalue weighted by molar-refractivity contribution is 1.02. The molecule has 6 aromatic heterocycles. The average molecular weight is 1040 g/mol. The molecular formula is C71H42N6S2. The smallest absolute Gasteiger partial charge is 0.104 e. The van der Waals surface area contributed by atoms with Gasteiger partial charge in [0.1, 0.15) is 23.3 Å². The molecule has 17 rings (SSSR count). The van der Waals surface area contributed by atoms with Crippen molar-refractivity contribution in [1.82, 2.24) is 18.3 Å². The van der Waals surface area contributed by atoms with Crippen molar-refractivity contribution in [1.29, 1.82) is 10.5 Å². The van der Waals surface area contributed by atoms with Crippen LogP contribution < -0.4 is 0 Å². The highest BCUT2D eigenvalue weighted by atomic mass is 32.1. The zero-order valence-electron chi connectivity index (χ0n) is 43.1. The minimum atomic E-state index is 0.392. The first-order chi connectivity index (χ1) is 38.9. The van der Waals surface area contributed by atoms with Gasteiger partial charge in [0.15, 0.2) is 0 Å². The average Bonchev–Trinajstić information content (AvgIpc) is 3.51. The molecule has 79 heavy (non-hydrogen) atoms. The summed E-state index contributed by atoms with van der Waals surface area (Å²) in [5, 5.41) is 39.0. The molecule has 6 heterocycles. The van der Waals surface area contributed by atoms with Gasteiger partial charge in [-0.2, -0.15) is 10.5 Å². The monoisotopic (exact) mass is 1040 g/mol. The summed E-state index contributed by atoms with van der Waals surface area (Å²) in [5.74, 6) is 0. The maximum Gasteiger partial charge on any atom is 0.104 e. The molecule has 368 valence electrons. The second-order valence-electron chi connectivity index (χ2n) is 21.1. The SMILES string of the molecule is Cc1ccc2c(c1)c1ccc3c4ccccc4sc3c1n2-c1c(-n2c3ccccc3c3ccccc32)c(C#N)c(-n2c3cc(C)c(C)cc3c3ccc4c5ccccc5sc4c32)c(C#N)c1-n1c2ccccc2c2ccccc21. The predicted octanol–water partition coefficient (Wildman–Crippen LogP) is 19.5. The number of para-hydroxylation sites is 4. The number of hydrogen-bond acceptors (Lipinski definition) is 4. The van der Waals surface area contributed by atoms with Crippen molar-refractivity contribution in [3.8, 4) is 34.9 Å². The largest absolute Gasteiger partial charge is 0.306 e. The van der Waals surface area contributed by atoms with Crippen molar-refractivity contribution in [2.24, 2.45) is 0 Å². The molecule has 0 N–H and O–H groups in total.